The monoisotopic (exact) mass is 981 g/mol. The molecular formula is C39H32F11N8O6S2+. The highest BCUT2D eigenvalue weighted by Gasteiger charge is 2.58. The van der Waals surface area contributed by atoms with Crippen LogP contribution in [0.25, 0.3) is 33.5 Å². The molecule has 0 aliphatic carbocycles. The number of pyridine rings is 2. The number of nitrogens with zero attached hydrogens (tertiary/aromatic N) is 7. The first kappa shape index (κ1) is 46.6. The molecule has 2 aromatic heterocycles. The summed E-state index contributed by atoms with van der Waals surface area (Å²) in [5.41, 5.74) is -5.65. The number of nitrogens with one attached hydrogen (secondary N) is 1. The van der Waals surface area contributed by atoms with Crippen molar-refractivity contribution in [3.8, 4) is 33.5 Å². The molecule has 4 atom stereocenters. The number of likely N-dealkylation sites (tertiary alicyclic amines) is 2. The van der Waals surface area contributed by atoms with Gasteiger partial charge in [0.05, 0.1) is 73.7 Å². The van der Waals surface area contributed by atoms with Gasteiger partial charge in [0.15, 0.2) is 12.2 Å². The van der Waals surface area contributed by atoms with Crippen molar-refractivity contribution in [2.24, 2.45) is 10.3 Å². The van der Waals surface area contributed by atoms with Gasteiger partial charge in [0.2, 0.25) is 10.0 Å². The van der Waals surface area contributed by atoms with E-state index in [0.29, 0.717) is 43.0 Å². The van der Waals surface area contributed by atoms with Gasteiger partial charge in [-0.3, -0.25) is 4.98 Å². The number of alkyl halides is 4. The lowest BCUT2D eigenvalue weighted by Crippen LogP contribution is -2.46. The van der Waals surface area contributed by atoms with Crippen molar-refractivity contribution >= 4 is 38.4 Å². The largest absolute Gasteiger partial charge is 0.384 e. The van der Waals surface area contributed by atoms with Crippen LogP contribution in [0.4, 0.5) is 48.3 Å². The molecule has 2 saturated heterocycles. The molecule has 0 saturated carbocycles. The molecule has 4 aliphatic heterocycles. The number of oxime groups is 2. The molecule has 0 bridgehead atoms. The molecule has 2 unspecified atom stereocenters. The van der Waals surface area contributed by atoms with Crippen molar-refractivity contribution in [3.05, 3.63) is 94.7 Å². The van der Waals surface area contributed by atoms with Gasteiger partial charge in [0.25, 0.3) is 12.0 Å². The zero-order valence-corrected chi connectivity index (χ0v) is 35.5. The molecule has 8 rings (SSSR count). The summed E-state index contributed by atoms with van der Waals surface area (Å²) >= 11 is 0. The van der Waals surface area contributed by atoms with Crippen molar-refractivity contribution in [2.75, 3.05) is 38.7 Å². The Balaban J connectivity index is 1.12. The predicted octanol–water partition coefficient (Wildman–Crippen LogP) is 5.86. The highest BCUT2D eigenvalue weighted by molar-refractivity contribution is 7.88. The Morgan fingerprint density at radius 3 is 1.77 bits per heavy atom. The fourth-order valence-electron chi connectivity index (χ4n) is 8.08. The molecule has 27 heteroatoms. The Morgan fingerprint density at radius 2 is 1.21 bits per heavy atom. The molecule has 0 radical (unpaired) electrons. The Hall–Kier alpha value is -5.96. The summed E-state index contributed by atoms with van der Waals surface area (Å²) < 4.78 is 217. The molecule has 6 heterocycles. The van der Waals surface area contributed by atoms with Gasteiger partial charge >= 0.3 is 15.9 Å². The van der Waals surface area contributed by atoms with Gasteiger partial charge < -0.3 is 19.5 Å². The van der Waals surface area contributed by atoms with E-state index in [-0.39, 0.29) is 39.9 Å². The first-order chi connectivity index (χ1) is 30.7. The molecule has 66 heavy (non-hydrogen) atoms. The minimum atomic E-state index is -4.21. The highest BCUT2D eigenvalue weighted by Crippen LogP contribution is 2.43. The van der Waals surface area contributed by atoms with Crippen molar-refractivity contribution in [1.82, 2.24) is 24.5 Å². The van der Waals surface area contributed by atoms with Crippen LogP contribution in [0.2, 0.25) is 0 Å². The second kappa shape index (κ2) is 16.4. The number of benzene rings is 2. The maximum atomic E-state index is 16.3. The van der Waals surface area contributed by atoms with E-state index in [1.54, 1.807) is 0 Å². The van der Waals surface area contributed by atoms with E-state index in [4.69, 9.17) is 9.68 Å². The van der Waals surface area contributed by atoms with E-state index in [1.165, 1.54) is 0 Å². The van der Waals surface area contributed by atoms with Crippen LogP contribution >= 0.6 is 0 Å². The minimum absolute atomic E-state index is 0.116. The van der Waals surface area contributed by atoms with Crippen molar-refractivity contribution in [2.45, 2.75) is 49.0 Å². The average Bonchev–Trinajstić information content (AvgIpc) is 3.99. The lowest BCUT2D eigenvalue weighted by Gasteiger charge is -2.19. The van der Waals surface area contributed by atoms with E-state index < -0.39 is 169 Å². The number of rotatable bonds is 9. The second-order valence-corrected chi connectivity index (χ2v) is 19.6. The summed E-state index contributed by atoms with van der Waals surface area (Å²) in [4.78, 5) is 20.9. The summed E-state index contributed by atoms with van der Waals surface area (Å²) in [5.74, 6) is -17.5. The molecule has 0 amide bonds. The van der Waals surface area contributed by atoms with Gasteiger partial charge in [0, 0.05) is 35.4 Å². The van der Waals surface area contributed by atoms with E-state index in [2.05, 4.69) is 27.0 Å². The van der Waals surface area contributed by atoms with E-state index in [1.807, 2.05) is 4.72 Å². The maximum Gasteiger partial charge on any atom is 0.361 e. The smallest absolute Gasteiger partial charge is 0.361 e. The first-order valence-electron chi connectivity index (χ1n) is 19.2. The fourth-order valence-corrected chi connectivity index (χ4v) is 9.53. The van der Waals surface area contributed by atoms with E-state index >= 15 is 30.7 Å². The van der Waals surface area contributed by atoms with Gasteiger partial charge in [-0.1, -0.05) is 10.3 Å². The van der Waals surface area contributed by atoms with Gasteiger partial charge in [-0.15, -0.1) is 3.98 Å². The lowest BCUT2D eigenvalue weighted by atomic mass is 9.94. The number of sulfonamides is 2. The third-order valence-corrected chi connectivity index (χ3v) is 12.9. The summed E-state index contributed by atoms with van der Waals surface area (Å²) in [6, 6.07) is -0.933. The Labute approximate surface area is 367 Å². The zero-order chi connectivity index (χ0) is 48.0. The van der Waals surface area contributed by atoms with E-state index in [9.17, 15) is 34.4 Å². The zero-order valence-electron chi connectivity index (χ0n) is 33.9. The quantitative estimate of drug-likeness (QED) is 0.122. The number of aromatic nitrogens is 2. The number of hydrogen-bond acceptors (Lipinski definition) is 12. The Morgan fingerprint density at radius 1 is 0.697 bits per heavy atom. The summed E-state index contributed by atoms with van der Waals surface area (Å²) in [6.45, 7) is -0.0248. The van der Waals surface area contributed by atoms with Crippen LogP contribution in [0.1, 0.15) is 36.4 Å². The van der Waals surface area contributed by atoms with Crippen LogP contribution in [0.3, 0.4) is 0 Å². The van der Waals surface area contributed by atoms with Crippen LogP contribution in [0.15, 0.2) is 52.9 Å². The molecular weight excluding hydrogens is 950 g/mol. The highest BCUT2D eigenvalue weighted by atomic mass is 32.2. The standard InChI is InChI=1S/C39H32F11N8O6S2/c1-56(66(3,61)62)30-14-58(16-39(30,49)50)32-11-28(64-54-32)37-21(34-24(44)7-18(40)8-25(34)45)9-26(46)35(52-37)17-4-22(42)33(23(43)5-17)20-6-19(41)12-51-36(20)27-10-31(53-63-27)57-13-29(38(47,48)15-57)55-65(2,59)60/h4-9,12,27-30,55H,1,10-11,13-16H2,2-3H3/q+1/t27?,28?,29-,30-/m1/s1. The van der Waals surface area contributed by atoms with Gasteiger partial charge in [0.1, 0.15) is 70.8 Å². The predicted molar refractivity (Wildman–Crippen MR) is 211 cm³/mol. The van der Waals surface area contributed by atoms with Crippen LogP contribution in [0, 0.1) is 40.7 Å². The molecule has 352 valence electrons. The molecule has 1 N–H and O–H groups in total. The Kier molecular flexibility index (Phi) is 11.6. The SMILES string of the molecule is C=[N+]([C@@H]1CN(C2=NOC(c3nc(-c4cc(F)c(-c5cc(F)cnc5C5CC(N6C[C@@H](NS(C)(=O)=O)C(F)(F)C6)=NO5)c(F)c4)c(F)cc3-c3c(F)cc(F)cc3F)C2)CC1(F)F)S(C)(=O)=O. The van der Waals surface area contributed by atoms with Crippen molar-refractivity contribution in [3.63, 3.8) is 0 Å². The number of hydrogen-bond donors (Lipinski definition) is 1. The maximum absolute atomic E-state index is 16.3. The molecule has 4 aromatic rings. The lowest BCUT2D eigenvalue weighted by molar-refractivity contribution is -0.435. The molecule has 14 nitrogen and oxygen atoms in total. The van der Waals surface area contributed by atoms with Crippen LogP contribution < -0.4 is 4.72 Å². The van der Waals surface area contributed by atoms with E-state index in [0.717, 1.165) is 9.80 Å². The number of halogens is 11. The molecule has 4 aliphatic rings. The van der Waals surface area contributed by atoms with Gasteiger partial charge in [-0.2, -0.15) is 17.2 Å². The number of amidine groups is 2. The van der Waals surface area contributed by atoms with Crippen molar-refractivity contribution in [1.29, 1.82) is 0 Å². The van der Waals surface area contributed by atoms with Crippen LogP contribution in [-0.2, 0) is 29.7 Å². The molecule has 2 fully saturated rings. The topological polar surface area (TPSA) is 159 Å². The second-order valence-electron chi connectivity index (χ2n) is 15.9. The normalized spacial score (nSPS) is 22.6. The minimum Gasteiger partial charge on any atom is -0.384 e. The summed E-state index contributed by atoms with van der Waals surface area (Å²) in [5, 5.41) is 7.58. The average molecular weight is 982 g/mol. The van der Waals surface area contributed by atoms with Crippen LogP contribution in [0.5, 0.6) is 0 Å². The third kappa shape index (κ3) is 8.85. The molecule has 2 aromatic carbocycles. The van der Waals surface area contributed by atoms with Gasteiger partial charge in [-0.25, -0.2) is 57.6 Å². The van der Waals surface area contributed by atoms with Crippen LogP contribution in [-0.4, -0.2) is 122 Å². The van der Waals surface area contributed by atoms with Gasteiger partial charge in [-0.05, 0) is 24.3 Å². The molecule has 0 spiro atoms. The van der Waals surface area contributed by atoms with Crippen molar-refractivity contribution < 1.29 is 78.8 Å². The Bertz CT molecular complexity index is 2950. The summed E-state index contributed by atoms with van der Waals surface area (Å²) in [6.07, 6.45) is -1.75. The fraction of sp³-hybridized carbons (Fsp3) is 0.359. The summed E-state index contributed by atoms with van der Waals surface area (Å²) in [7, 11) is -8.26. The third-order valence-electron chi connectivity index (χ3n) is 11.1. The first-order valence-corrected chi connectivity index (χ1v) is 22.9.